The van der Waals surface area contributed by atoms with Gasteiger partial charge in [-0.1, -0.05) is 0 Å². The van der Waals surface area contributed by atoms with Gasteiger partial charge in [0.15, 0.2) is 0 Å². The van der Waals surface area contributed by atoms with Crippen LogP contribution in [0.25, 0.3) is 5.69 Å². The monoisotopic (exact) mass is 303 g/mol. The number of non-ortho nitro benzene ring substituents is 1. The topological polar surface area (TPSA) is 95.8 Å². The van der Waals surface area contributed by atoms with Crippen LogP contribution in [-0.2, 0) is 13.2 Å². The SMILES string of the molecule is Cc1c(-n2nnn(C)c2=O)cc([N+](=O)[O-])cc1C(F)(F)F. The Labute approximate surface area is 114 Å². The number of nitro groups is 1. The highest BCUT2D eigenvalue weighted by Gasteiger charge is 2.36. The van der Waals surface area contributed by atoms with Crippen LogP contribution in [0.5, 0.6) is 0 Å². The van der Waals surface area contributed by atoms with Gasteiger partial charge in [0.2, 0.25) is 0 Å². The van der Waals surface area contributed by atoms with Crippen molar-refractivity contribution in [1.29, 1.82) is 0 Å². The van der Waals surface area contributed by atoms with Gasteiger partial charge in [-0.25, -0.2) is 4.79 Å². The molecule has 2 rings (SSSR count). The van der Waals surface area contributed by atoms with E-state index in [4.69, 9.17) is 0 Å². The second-order valence-corrected chi connectivity index (χ2v) is 4.19. The summed E-state index contributed by atoms with van der Waals surface area (Å²) in [7, 11) is 1.25. The van der Waals surface area contributed by atoms with E-state index in [1.165, 1.54) is 7.05 Å². The summed E-state index contributed by atoms with van der Waals surface area (Å²) in [5.41, 5.74) is -3.50. The van der Waals surface area contributed by atoms with Crippen molar-refractivity contribution >= 4 is 5.69 Å². The number of hydrogen-bond acceptors (Lipinski definition) is 5. The molecule has 0 saturated carbocycles. The Balaban J connectivity index is 2.83. The van der Waals surface area contributed by atoms with E-state index in [0.29, 0.717) is 10.7 Å². The van der Waals surface area contributed by atoms with Crippen molar-refractivity contribution in [3.63, 3.8) is 0 Å². The summed E-state index contributed by atoms with van der Waals surface area (Å²) in [4.78, 5) is 21.5. The van der Waals surface area contributed by atoms with E-state index in [-0.39, 0.29) is 11.3 Å². The maximum atomic E-state index is 12.9. The number of halogens is 3. The van der Waals surface area contributed by atoms with Crippen molar-refractivity contribution in [3.8, 4) is 5.69 Å². The molecule has 112 valence electrons. The molecular formula is C10H8F3N5O3. The lowest BCUT2D eigenvalue weighted by atomic mass is 10.1. The maximum Gasteiger partial charge on any atom is 0.416 e. The third-order valence-corrected chi connectivity index (χ3v) is 2.83. The maximum absolute atomic E-state index is 12.9. The van der Waals surface area contributed by atoms with E-state index in [1.54, 1.807) is 0 Å². The van der Waals surface area contributed by atoms with Crippen molar-refractivity contribution in [2.45, 2.75) is 13.1 Å². The minimum Gasteiger partial charge on any atom is -0.258 e. The molecule has 0 amide bonds. The molecule has 0 atom stereocenters. The van der Waals surface area contributed by atoms with Crippen molar-refractivity contribution < 1.29 is 18.1 Å². The minimum atomic E-state index is -4.79. The Morgan fingerprint density at radius 3 is 2.33 bits per heavy atom. The average molecular weight is 303 g/mol. The lowest BCUT2D eigenvalue weighted by Crippen LogP contribution is -2.23. The molecule has 8 nitrogen and oxygen atoms in total. The predicted octanol–water partition coefficient (Wildman–Crippen LogP) is 1.20. The number of tetrazole rings is 1. The molecular weight excluding hydrogens is 295 g/mol. The predicted molar refractivity (Wildman–Crippen MR) is 63.0 cm³/mol. The van der Waals surface area contributed by atoms with Crippen LogP contribution in [0.3, 0.4) is 0 Å². The highest BCUT2D eigenvalue weighted by Crippen LogP contribution is 2.36. The van der Waals surface area contributed by atoms with Crippen LogP contribution in [0.2, 0.25) is 0 Å². The molecule has 0 fully saturated rings. The average Bonchev–Trinajstić information content (AvgIpc) is 2.69. The lowest BCUT2D eigenvalue weighted by Gasteiger charge is -2.13. The zero-order valence-corrected chi connectivity index (χ0v) is 10.7. The van der Waals surface area contributed by atoms with Gasteiger partial charge in [-0.05, 0) is 22.9 Å². The molecule has 0 N–H and O–H groups in total. The number of nitrogens with zero attached hydrogens (tertiary/aromatic N) is 5. The Morgan fingerprint density at radius 1 is 1.29 bits per heavy atom. The molecule has 0 spiro atoms. The number of alkyl halides is 3. The van der Waals surface area contributed by atoms with Gasteiger partial charge >= 0.3 is 11.9 Å². The first-order chi connectivity index (χ1) is 9.62. The fraction of sp³-hybridized carbons (Fsp3) is 0.300. The molecule has 2 aromatic rings. The first-order valence-corrected chi connectivity index (χ1v) is 5.48. The number of aromatic nitrogens is 4. The van der Waals surface area contributed by atoms with Gasteiger partial charge in [-0.3, -0.25) is 10.1 Å². The van der Waals surface area contributed by atoms with Crippen LogP contribution < -0.4 is 5.69 Å². The number of nitro benzene ring substituents is 1. The van der Waals surface area contributed by atoms with Crippen LogP contribution in [0.1, 0.15) is 11.1 Å². The highest BCUT2D eigenvalue weighted by atomic mass is 19.4. The van der Waals surface area contributed by atoms with Crippen LogP contribution >= 0.6 is 0 Å². The summed E-state index contributed by atoms with van der Waals surface area (Å²) in [5.74, 6) is 0. The number of benzene rings is 1. The third-order valence-electron chi connectivity index (χ3n) is 2.83. The molecule has 0 aliphatic heterocycles. The van der Waals surface area contributed by atoms with E-state index in [9.17, 15) is 28.1 Å². The number of rotatable bonds is 2. The van der Waals surface area contributed by atoms with Crippen molar-refractivity contribution in [2.75, 3.05) is 0 Å². The zero-order valence-electron chi connectivity index (χ0n) is 10.7. The summed E-state index contributed by atoms with van der Waals surface area (Å²) in [6, 6.07) is 1.26. The molecule has 0 saturated heterocycles. The second kappa shape index (κ2) is 4.68. The lowest BCUT2D eigenvalue weighted by molar-refractivity contribution is -0.385. The van der Waals surface area contributed by atoms with Crippen LogP contribution in [0, 0.1) is 17.0 Å². The Hall–Kier alpha value is -2.72. The summed E-state index contributed by atoms with van der Waals surface area (Å²) < 4.78 is 40.2. The molecule has 0 bridgehead atoms. The minimum absolute atomic E-state index is 0.338. The smallest absolute Gasteiger partial charge is 0.258 e. The van der Waals surface area contributed by atoms with Crippen molar-refractivity contribution in [2.24, 2.45) is 7.05 Å². The van der Waals surface area contributed by atoms with Gasteiger partial charge in [-0.15, -0.1) is 0 Å². The quantitative estimate of drug-likeness (QED) is 0.613. The van der Waals surface area contributed by atoms with E-state index in [0.717, 1.165) is 17.7 Å². The number of hydrogen-bond donors (Lipinski definition) is 0. The van der Waals surface area contributed by atoms with Crippen molar-refractivity contribution in [1.82, 2.24) is 19.8 Å². The normalized spacial score (nSPS) is 11.7. The molecule has 11 heteroatoms. The molecule has 0 aliphatic rings. The van der Waals surface area contributed by atoms with Gasteiger partial charge in [0, 0.05) is 19.2 Å². The molecule has 21 heavy (non-hydrogen) atoms. The molecule has 0 unspecified atom stereocenters. The van der Waals surface area contributed by atoms with Gasteiger partial charge in [0.25, 0.3) is 5.69 Å². The summed E-state index contributed by atoms with van der Waals surface area (Å²) in [5, 5.41) is 17.5. The Kier molecular flexibility index (Phi) is 3.27. The first-order valence-electron chi connectivity index (χ1n) is 5.48. The Bertz CT molecular complexity index is 777. The van der Waals surface area contributed by atoms with Crippen LogP contribution in [0.4, 0.5) is 18.9 Å². The van der Waals surface area contributed by atoms with Gasteiger partial charge in [0.1, 0.15) is 0 Å². The fourth-order valence-corrected chi connectivity index (χ4v) is 1.77. The summed E-state index contributed by atoms with van der Waals surface area (Å²) >= 11 is 0. The van der Waals surface area contributed by atoms with E-state index < -0.39 is 28.0 Å². The summed E-state index contributed by atoms with van der Waals surface area (Å²) in [6.45, 7) is 1.10. The van der Waals surface area contributed by atoms with Crippen molar-refractivity contribution in [3.05, 3.63) is 43.9 Å². The van der Waals surface area contributed by atoms with Gasteiger partial charge < -0.3 is 0 Å². The van der Waals surface area contributed by atoms with Crippen LogP contribution in [0.15, 0.2) is 16.9 Å². The molecule has 1 aromatic heterocycles. The molecule has 1 heterocycles. The largest absolute Gasteiger partial charge is 0.416 e. The highest BCUT2D eigenvalue weighted by molar-refractivity contribution is 5.53. The second-order valence-electron chi connectivity index (χ2n) is 4.19. The first kappa shape index (κ1) is 14.7. The third kappa shape index (κ3) is 2.49. The zero-order chi connectivity index (χ0) is 15.9. The van der Waals surface area contributed by atoms with Gasteiger partial charge in [-0.2, -0.15) is 22.5 Å². The van der Waals surface area contributed by atoms with E-state index in [1.807, 2.05) is 0 Å². The molecule has 0 radical (unpaired) electrons. The molecule has 0 aliphatic carbocycles. The summed E-state index contributed by atoms with van der Waals surface area (Å²) in [6.07, 6.45) is -4.79. The number of aryl methyl sites for hydroxylation is 1. The van der Waals surface area contributed by atoms with Gasteiger partial charge in [0.05, 0.1) is 16.2 Å². The van der Waals surface area contributed by atoms with Crippen LogP contribution in [-0.4, -0.2) is 24.7 Å². The van der Waals surface area contributed by atoms with E-state index >= 15 is 0 Å². The fourth-order valence-electron chi connectivity index (χ4n) is 1.77. The molecule has 1 aromatic carbocycles. The standard InChI is InChI=1S/C10H8F3N5O3/c1-5-7(10(11,12)13)3-6(18(20)21)4-8(5)17-9(19)16(2)14-15-17/h3-4H,1-2H3. The Morgan fingerprint density at radius 2 is 1.90 bits per heavy atom. The van der Waals surface area contributed by atoms with E-state index in [2.05, 4.69) is 10.4 Å².